The fourth-order valence-electron chi connectivity index (χ4n) is 5.58. The van der Waals surface area contributed by atoms with E-state index in [0.29, 0.717) is 11.3 Å². The Bertz CT molecular complexity index is 799. The molecule has 3 fully saturated rings. The Morgan fingerprint density at radius 1 is 1.11 bits per heavy atom. The Morgan fingerprint density at radius 2 is 1.86 bits per heavy atom. The Kier molecular flexibility index (Phi) is 4.80. The lowest BCUT2D eigenvalue weighted by Gasteiger charge is -2.50. The largest absolute Gasteiger partial charge is 0.299 e. The van der Waals surface area contributed by atoms with Crippen LogP contribution >= 0.6 is 0 Å². The molecule has 5 rings (SSSR count). The van der Waals surface area contributed by atoms with Crippen molar-refractivity contribution >= 4 is 0 Å². The zero-order valence-electron chi connectivity index (χ0n) is 17.5. The number of aryl methyl sites for hydroxylation is 1. The number of likely N-dealkylation sites (tertiary alicyclic amines) is 2. The number of nitrogens with zero attached hydrogens (tertiary/aromatic N) is 4. The zero-order chi connectivity index (χ0) is 19.1. The molecule has 0 bridgehead atoms. The minimum absolute atomic E-state index is 0.516. The molecule has 150 valence electrons. The summed E-state index contributed by atoms with van der Waals surface area (Å²) in [5.41, 5.74) is 4.77. The first-order chi connectivity index (χ1) is 13.6. The first kappa shape index (κ1) is 18.4. The van der Waals surface area contributed by atoms with Gasteiger partial charge in [-0.15, -0.1) is 0 Å². The van der Waals surface area contributed by atoms with Gasteiger partial charge >= 0.3 is 0 Å². The minimum Gasteiger partial charge on any atom is -0.299 e. The number of benzene rings is 1. The molecule has 0 unspecified atom stereocenters. The van der Waals surface area contributed by atoms with Crippen LogP contribution in [-0.2, 0) is 13.6 Å². The summed E-state index contributed by atoms with van der Waals surface area (Å²) in [6, 6.07) is 12.2. The van der Waals surface area contributed by atoms with Crippen molar-refractivity contribution < 1.29 is 0 Å². The molecule has 0 N–H and O–H groups in total. The normalized spacial score (nSPS) is 26.0. The minimum atomic E-state index is 0.516. The van der Waals surface area contributed by atoms with E-state index < -0.39 is 0 Å². The predicted octanol–water partition coefficient (Wildman–Crippen LogP) is 3.96. The van der Waals surface area contributed by atoms with E-state index in [0.717, 1.165) is 12.6 Å². The van der Waals surface area contributed by atoms with Crippen molar-refractivity contribution in [3.8, 4) is 0 Å². The van der Waals surface area contributed by atoms with Crippen molar-refractivity contribution in [1.82, 2.24) is 19.6 Å². The van der Waals surface area contributed by atoms with Crippen LogP contribution in [0.25, 0.3) is 0 Å². The third kappa shape index (κ3) is 3.65. The third-order valence-electron chi connectivity index (χ3n) is 7.65. The number of rotatable bonds is 4. The van der Waals surface area contributed by atoms with Crippen molar-refractivity contribution in [3.63, 3.8) is 0 Å². The molecule has 1 spiro atoms. The zero-order valence-corrected chi connectivity index (χ0v) is 17.5. The Balaban J connectivity index is 1.28. The van der Waals surface area contributed by atoms with Crippen LogP contribution in [0.4, 0.5) is 0 Å². The lowest BCUT2D eigenvalue weighted by molar-refractivity contribution is 0.00826. The van der Waals surface area contributed by atoms with Crippen LogP contribution in [0.1, 0.15) is 54.8 Å². The average Bonchev–Trinajstić information content (AvgIpc) is 3.53. The van der Waals surface area contributed by atoms with E-state index in [1.54, 1.807) is 5.56 Å². The van der Waals surface area contributed by atoms with Crippen molar-refractivity contribution in [1.29, 1.82) is 0 Å². The first-order valence-electron chi connectivity index (χ1n) is 11.1. The van der Waals surface area contributed by atoms with Gasteiger partial charge in [0.1, 0.15) is 0 Å². The quantitative estimate of drug-likeness (QED) is 0.805. The predicted molar refractivity (Wildman–Crippen MR) is 113 cm³/mol. The summed E-state index contributed by atoms with van der Waals surface area (Å²) >= 11 is 0. The van der Waals surface area contributed by atoms with E-state index in [1.165, 1.54) is 69.5 Å². The van der Waals surface area contributed by atoms with Crippen molar-refractivity contribution in [2.45, 2.75) is 57.5 Å². The topological polar surface area (TPSA) is 24.3 Å². The standard InChI is InChI=1S/C24H34N4/c1-19-22(15-25-26(19)2)16-27-12-10-24(11-13-27)14-21(20-6-4-3-5-7-20)17-28(18-24)23-8-9-23/h3-7,15,21,23H,8-14,16-18H2,1-2H3/t21-/m0/s1. The Hall–Kier alpha value is -1.65. The summed E-state index contributed by atoms with van der Waals surface area (Å²) < 4.78 is 2.00. The molecule has 1 aliphatic carbocycles. The number of hydrogen-bond donors (Lipinski definition) is 0. The molecular formula is C24H34N4. The molecule has 2 aliphatic heterocycles. The third-order valence-corrected chi connectivity index (χ3v) is 7.65. The molecule has 2 saturated heterocycles. The maximum absolute atomic E-state index is 4.43. The highest BCUT2D eigenvalue weighted by Crippen LogP contribution is 2.47. The van der Waals surface area contributed by atoms with Crippen molar-refractivity contribution in [3.05, 3.63) is 53.3 Å². The van der Waals surface area contributed by atoms with Crippen LogP contribution in [0.2, 0.25) is 0 Å². The molecule has 2 aromatic rings. The van der Waals surface area contributed by atoms with Gasteiger partial charge in [0, 0.05) is 44.0 Å². The van der Waals surface area contributed by atoms with Gasteiger partial charge in [0.2, 0.25) is 0 Å². The molecule has 3 aliphatic rings. The highest BCUT2D eigenvalue weighted by Gasteiger charge is 2.45. The fraction of sp³-hybridized carbons (Fsp3) is 0.625. The van der Waals surface area contributed by atoms with Gasteiger partial charge in [0.15, 0.2) is 0 Å². The second-order valence-electron chi connectivity index (χ2n) is 9.63. The van der Waals surface area contributed by atoms with Crippen molar-refractivity contribution in [2.24, 2.45) is 12.5 Å². The monoisotopic (exact) mass is 378 g/mol. The van der Waals surface area contributed by atoms with Crippen LogP contribution in [0.5, 0.6) is 0 Å². The first-order valence-corrected chi connectivity index (χ1v) is 11.1. The van der Waals surface area contributed by atoms with Crippen LogP contribution in [0.15, 0.2) is 36.5 Å². The van der Waals surface area contributed by atoms with Gasteiger partial charge in [0.05, 0.1) is 6.20 Å². The van der Waals surface area contributed by atoms with E-state index in [1.807, 2.05) is 11.7 Å². The molecule has 1 aromatic carbocycles. The molecule has 4 heteroatoms. The fourth-order valence-corrected chi connectivity index (χ4v) is 5.58. The summed E-state index contributed by atoms with van der Waals surface area (Å²) in [7, 11) is 2.04. The van der Waals surface area contributed by atoms with E-state index in [2.05, 4.69) is 58.4 Å². The second-order valence-corrected chi connectivity index (χ2v) is 9.63. The lowest BCUT2D eigenvalue weighted by Crippen LogP contribution is -2.52. The molecule has 28 heavy (non-hydrogen) atoms. The highest BCUT2D eigenvalue weighted by atomic mass is 15.3. The molecule has 1 atom stereocenters. The van der Waals surface area contributed by atoms with Crippen LogP contribution in [0, 0.1) is 12.3 Å². The highest BCUT2D eigenvalue weighted by molar-refractivity contribution is 5.22. The van der Waals surface area contributed by atoms with Gasteiger partial charge in [-0.1, -0.05) is 30.3 Å². The summed E-state index contributed by atoms with van der Waals surface area (Å²) in [6.45, 7) is 8.32. The van der Waals surface area contributed by atoms with Gasteiger partial charge in [-0.05, 0) is 69.0 Å². The van der Waals surface area contributed by atoms with Gasteiger partial charge in [-0.2, -0.15) is 5.10 Å². The van der Waals surface area contributed by atoms with Crippen molar-refractivity contribution in [2.75, 3.05) is 26.2 Å². The maximum atomic E-state index is 4.43. The summed E-state index contributed by atoms with van der Waals surface area (Å²) in [4.78, 5) is 5.50. The van der Waals surface area contributed by atoms with E-state index in [4.69, 9.17) is 0 Å². The molecule has 0 amide bonds. The summed E-state index contributed by atoms with van der Waals surface area (Å²) in [5.74, 6) is 0.711. The van der Waals surface area contributed by atoms with Crippen LogP contribution in [-0.4, -0.2) is 51.8 Å². The molecule has 1 aromatic heterocycles. The van der Waals surface area contributed by atoms with E-state index in [9.17, 15) is 0 Å². The lowest BCUT2D eigenvalue weighted by atomic mass is 9.68. The molecular weight excluding hydrogens is 344 g/mol. The molecule has 3 heterocycles. The van der Waals surface area contributed by atoms with E-state index in [-0.39, 0.29) is 0 Å². The Morgan fingerprint density at radius 3 is 2.50 bits per heavy atom. The van der Waals surface area contributed by atoms with Gasteiger partial charge in [-0.25, -0.2) is 0 Å². The van der Waals surface area contributed by atoms with E-state index >= 15 is 0 Å². The smallest absolute Gasteiger partial charge is 0.0537 e. The molecule has 0 radical (unpaired) electrons. The SMILES string of the molecule is Cc1c(CN2CCC3(CC2)C[C@H](c2ccccc2)CN(C2CC2)C3)cnn1C. The van der Waals surface area contributed by atoms with Crippen LogP contribution in [0.3, 0.4) is 0 Å². The van der Waals surface area contributed by atoms with Gasteiger partial charge in [0.25, 0.3) is 0 Å². The van der Waals surface area contributed by atoms with Gasteiger partial charge < -0.3 is 0 Å². The number of hydrogen-bond acceptors (Lipinski definition) is 3. The molecule has 4 nitrogen and oxygen atoms in total. The summed E-state index contributed by atoms with van der Waals surface area (Å²) in [6.07, 6.45) is 8.96. The summed E-state index contributed by atoms with van der Waals surface area (Å²) in [5, 5.41) is 4.43. The van der Waals surface area contributed by atoms with Crippen LogP contribution < -0.4 is 0 Å². The second kappa shape index (κ2) is 7.31. The average molecular weight is 379 g/mol. The molecule has 1 saturated carbocycles. The number of piperidine rings is 2. The Labute approximate surface area is 169 Å². The maximum Gasteiger partial charge on any atom is 0.0537 e. The van der Waals surface area contributed by atoms with Gasteiger partial charge in [-0.3, -0.25) is 14.5 Å². The number of aromatic nitrogens is 2.